The van der Waals surface area contributed by atoms with Gasteiger partial charge in [-0.3, -0.25) is 4.79 Å². The molecule has 1 aromatic carbocycles. The van der Waals surface area contributed by atoms with Crippen molar-refractivity contribution in [3.8, 4) is 0 Å². The van der Waals surface area contributed by atoms with E-state index in [0.29, 0.717) is 24.3 Å². The molecule has 0 aliphatic carbocycles. The number of primary amides is 1. The third-order valence-electron chi connectivity index (χ3n) is 2.36. The van der Waals surface area contributed by atoms with E-state index in [9.17, 15) is 9.59 Å². The average Bonchev–Trinajstić information content (AvgIpc) is 2.37. The zero-order valence-electron chi connectivity index (χ0n) is 10.6. The standard InChI is InChI=1S/C14H17N3O2/c1-3-8-17(9-4-2)13(18)11-6-5-7-12(10-11)16-14(15)19/h3-7,10H,1-2,8-9H2,(H3,15,16,19). The van der Waals surface area contributed by atoms with Crippen molar-refractivity contribution in [2.75, 3.05) is 18.4 Å². The van der Waals surface area contributed by atoms with Gasteiger partial charge in [-0.15, -0.1) is 13.2 Å². The second kappa shape index (κ2) is 7.00. The molecule has 1 aromatic rings. The number of nitrogens with one attached hydrogen (secondary N) is 1. The monoisotopic (exact) mass is 259 g/mol. The lowest BCUT2D eigenvalue weighted by Gasteiger charge is -2.19. The lowest BCUT2D eigenvalue weighted by Crippen LogP contribution is -2.31. The molecule has 100 valence electrons. The summed E-state index contributed by atoms with van der Waals surface area (Å²) in [6.07, 6.45) is 3.29. The van der Waals surface area contributed by atoms with Crippen molar-refractivity contribution in [3.63, 3.8) is 0 Å². The fourth-order valence-corrected chi connectivity index (χ4v) is 1.61. The summed E-state index contributed by atoms with van der Waals surface area (Å²) < 4.78 is 0. The second-order valence-corrected chi connectivity index (χ2v) is 3.86. The topological polar surface area (TPSA) is 75.4 Å². The predicted molar refractivity (Wildman–Crippen MR) is 75.9 cm³/mol. The Morgan fingerprint density at radius 1 is 1.26 bits per heavy atom. The summed E-state index contributed by atoms with van der Waals surface area (Å²) in [6, 6.07) is 5.92. The number of nitrogens with two attached hydrogens (primary N) is 1. The minimum atomic E-state index is -0.668. The molecular formula is C14H17N3O2. The van der Waals surface area contributed by atoms with Gasteiger partial charge in [0, 0.05) is 24.3 Å². The summed E-state index contributed by atoms with van der Waals surface area (Å²) in [4.78, 5) is 24.6. The van der Waals surface area contributed by atoms with Crippen molar-refractivity contribution >= 4 is 17.6 Å². The summed E-state index contributed by atoms with van der Waals surface area (Å²) in [6.45, 7) is 8.09. The molecular weight excluding hydrogens is 242 g/mol. The van der Waals surface area contributed by atoms with Crippen LogP contribution in [0.1, 0.15) is 10.4 Å². The molecule has 0 saturated carbocycles. The molecule has 3 amide bonds. The summed E-state index contributed by atoms with van der Waals surface area (Å²) >= 11 is 0. The number of urea groups is 1. The van der Waals surface area contributed by atoms with E-state index in [1.807, 2.05) is 0 Å². The highest BCUT2D eigenvalue weighted by molar-refractivity contribution is 5.96. The summed E-state index contributed by atoms with van der Waals surface area (Å²) in [5.74, 6) is -0.159. The number of anilines is 1. The van der Waals surface area contributed by atoms with Gasteiger partial charge in [0.2, 0.25) is 0 Å². The molecule has 19 heavy (non-hydrogen) atoms. The van der Waals surface area contributed by atoms with Crippen LogP contribution in [0.4, 0.5) is 10.5 Å². The SMILES string of the molecule is C=CCN(CC=C)C(=O)c1cccc(NC(N)=O)c1. The van der Waals surface area contributed by atoms with Crippen LogP contribution in [-0.2, 0) is 0 Å². The van der Waals surface area contributed by atoms with Crippen molar-refractivity contribution in [1.82, 2.24) is 4.90 Å². The van der Waals surface area contributed by atoms with Gasteiger partial charge in [0.1, 0.15) is 0 Å². The van der Waals surface area contributed by atoms with Crippen LogP contribution in [0.25, 0.3) is 0 Å². The lowest BCUT2D eigenvalue weighted by atomic mass is 10.1. The van der Waals surface area contributed by atoms with Gasteiger partial charge in [-0.1, -0.05) is 18.2 Å². The van der Waals surface area contributed by atoms with E-state index in [-0.39, 0.29) is 5.91 Å². The van der Waals surface area contributed by atoms with Gasteiger partial charge in [-0.2, -0.15) is 0 Å². The van der Waals surface area contributed by atoms with Crippen molar-refractivity contribution in [1.29, 1.82) is 0 Å². The van der Waals surface area contributed by atoms with Crippen LogP contribution in [0, 0.1) is 0 Å². The quantitative estimate of drug-likeness (QED) is 0.766. The predicted octanol–water partition coefficient (Wildman–Crippen LogP) is 1.99. The number of amides is 3. The Morgan fingerprint density at radius 3 is 2.42 bits per heavy atom. The third kappa shape index (κ3) is 4.31. The maximum absolute atomic E-state index is 12.2. The van der Waals surface area contributed by atoms with Crippen LogP contribution in [-0.4, -0.2) is 29.9 Å². The molecule has 0 aliphatic heterocycles. The zero-order chi connectivity index (χ0) is 14.3. The first-order chi connectivity index (χ1) is 9.08. The number of rotatable bonds is 6. The molecule has 0 atom stereocenters. The Kier molecular flexibility index (Phi) is 5.35. The van der Waals surface area contributed by atoms with Gasteiger partial charge in [-0.25, -0.2) is 4.79 Å². The minimum Gasteiger partial charge on any atom is -0.351 e. The number of carbonyl (C=O) groups is 2. The Labute approximate surface area is 112 Å². The van der Waals surface area contributed by atoms with E-state index in [0.717, 1.165) is 0 Å². The van der Waals surface area contributed by atoms with Crippen molar-refractivity contribution < 1.29 is 9.59 Å². The molecule has 3 N–H and O–H groups in total. The normalized spacial score (nSPS) is 9.47. The Morgan fingerprint density at radius 2 is 1.89 bits per heavy atom. The second-order valence-electron chi connectivity index (χ2n) is 3.86. The molecule has 0 spiro atoms. The van der Waals surface area contributed by atoms with Gasteiger partial charge in [-0.05, 0) is 18.2 Å². The van der Waals surface area contributed by atoms with E-state index in [2.05, 4.69) is 18.5 Å². The first-order valence-electron chi connectivity index (χ1n) is 5.76. The van der Waals surface area contributed by atoms with E-state index in [4.69, 9.17) is 5.73 Å². The van der Waals surface area contributed by atoms with Crippen LogP contribution >= 0.6 is 0 Å². The summed E-state index contributed by atoms with van der Waals surface area (Å²) in [7, 11) is 0. The molecule has 0 aromatic heterocycles. The van der Waals surface area contributed by atoms with Crippen LogP contribution in [0.2, 0.25) is 0 Å². The molecule has 0 aliphatic rings. The Balaban J connectivity index is 2.93. The molecule has 0 bridgehead atoms. The molecule has 5 nitrogen and oxygen atoms in total. The van der Waals surface area contributed by atoms with Gasteiger partial charge in [0.15, 0.2) is 0 Å². The van der Waals surface area contributed by atoms with Crippen LogP contribution in [0.15, 0.2) is 49.6 Å². The summed E-state index contributed by atoms with van der Waals surface area (Å²) in [5, 5.41) is 2.43. The summed E-state index contributed by atoms with van der Waals surface area (Å²) in [5.41, 5.74) is 5.98. The van der Waals surface area contributed by atoms with E-state index in [1.165, 1.54) is 0 Å². The first-order valence-corrected chi connectivity index (χ1v) is 5.76. The molecule has 1 rings (SSSR count). The molecule has 0 heterocycles. The van der Waals surface area contributed by atoms with E-state index < -0.39 is 6.03 Å². The first kappa shape index (κ1) is 14.5. The Bertz CT molecular complexity index is 487. The van der Waals surface area contributed by atoms with E-state index >= 15 is 0 Å². The highest BCUT2D eigenvalue weighted by Gasteiger charge is 2.13. The zero-order valence-corrected chi connectivity index (χ0v) is 10.6. The largest absolute Gasteiger partial charge is 0.351 e. The van der Waals surface area contributed by atoms with Gasteiger partial charge in [0.05, 0.1) is 0 Å². The smallest absolute Gasteiger partial charge is 0.316 e. The van der Waals surface area contributed by atoms with Crippen LogP contribution in [0.3, 0.4) is 0 Å². The van der Waals surface area contributed by atoms with Gasteiger partial charge >= 0.3 is 6.03 Å². The minimum absolute atomic E-state index is 0.159. The fourth-order valence-electron chi connectivity index (χ4n) is 1.61. The molecule has 0 fully saturated rings. The third-order valence-corrected chi connectivity index (χ3v) is 2.36. The number of nitrogens with zero attached hydrogens (tertiary/aromatic N) is 1. The maximum atomic E-state index is 12.2. The highest BCUT2D eigenvalue weighted by atomic mass is 16.2. The lowest BCUT2D eigenvalue weighted by molar-refractivity contribution is 0.0791. The fraction of sp³-hybridized carbons (Fsp3) is 0.143. The van der Waals surface area contributed by atoms with Crippen molar-refractivity contribution in [2.24, 2.45) is 5.73 Å². The van der Waals surface area contributed by atoms with E-state index in [1.54, 1.807) is 41.3 Å². The number of hydrogen-bond acceptors (Lipinski definition) is 2. The highest BCUT2D eigenvalue weighted by Crippen LogP contribution is 2.12. The number of carbonyl (C=O) groups excluding carboxylic acids is 2. The maximum Gasteiger partial charge on any atom is 0.316 e. The number of hydrogen-bond donors (Lipinski definition) is 2. The molecule has 0 unspecified atom stereocenters. The molecule has 5 heteroatoms. The van der Waals surface area contributed by atoms with Gasteiger partial charge in [0.25, 0.3) is 5.91 Å². The molecule has 0 radical (unpaired) electrons. The van der Waals surface area contributed by atoms with Crippen molar-refractivity contribution in [2.45, 2.75) is 0 Å². The Hall–Kier alpha value is -2.56. The average molecular weight is 259 g/mol. The van der Waals surface area contributed by atoms with Gasteiger partial charge < -0.3 is 16.0 Å². The van der Waals surface area contributed by atoms with Crippen LogP contribution < -0.4 is 11.1 Å². The molecule has 0 saturated heterocycles. The van der Waals surface area contributed by atoms with Crippen LogP contribution in [0.5, 0.6) is 0 Å². The van der Waals surface area contributed by atoms with Crippen molar-refractivity contribution in [3.05, 3.63) is 55.1 Å². The number of benzene rings is 1.